The van der Waals surface area contributed by atoms with Gasteiger partial charge in [0, 0.05) is 5.39 Å². The highest BCUT2D eigenvalue weighted by atomic mass is 16.5. The lowest BCUT2D eigenvalue weighted by Crippen LogP contribution is -1.96. The molecule has 2 aromatic carbocycles. The molecule has 4 aromatic rings. The van der Waals surface area contributed by atoms with Crippen LogP contribution in [-0.2, 0) is 0 Å². The Morgan fingerprint density at radius 1 is 0.900 bits per heavy atom. The smallest absolute Gasteiger partial charge is 0.109 e. The van der Waals surface area contributed by atoms with Gasteiger partial charge in [0.2, 0.25) is 0 Å². The third-order valence-electron chi connectivity index (χ3n) is 3.40. The van der Waals surface area contributed by atoms with Crippen molar-refractivity contribution in [2.24, 2.45) is 0 Å². The van der Waals surface area contributed by atoms with Gasteiger partial charge >= 0.3 is 0 Å². The molecule has 0 fully saturated rings. The molecule has 0 amide bonds. The van der Waals surface area contributed by atoms with Gasteiger partial charge in [0.15, 0.2) is 0 Å². The molecule has 0 radical (unpaired) electrons. The van der Waals surface area contributed by atoms with Crippen molar-refractivity contribution in [1.82, 2.24) is 14.7 Å². The predicted octanol–water partition coefficient (Wildman–Crippen LogP) is 3.49. The van der Waals surface area contributed by atoms with E-state index in [0.717, 1.165) is 26.7 Å². The minimum atomic E-state index is 0.643. The summed E-state index contributed by atoms with van der Waals surface area (Å²) >= 11 is 0. The average Bonchev–Trinajstić information content (AvgIpc) is 2.84. The van der Waals surface area contributed by atoms with Crippen molar-refractivity contribution < 1.29 is 5.21 Å². The third kappa shape index (κ3) is 1.55. The second kappa shape index (κ2) is 4.06. The largest absolute Gasteiger partial charge is 0.428 e. The van der Waals surface area contributed by atoms with Gasteiger partial charge in [0.1, 0.15) is 11.4 Å². The monoisotopic (exact) mass is 261 g/mol. The Bertz CT molecular complexity index is 927. The highest BCUT2D eigenvalue weighted by Crippen LogP contribution is 2.26. The van der Waals surface area contributed by atoms with E-state index in [1.165, 1.54) is 0 Å². The first kappa shape index (κ1) is 11.0. The molecule has 96 valence electrons. The Morgan fingerprint density at radius 2 is 1.65 bits per heavy atom. The number of fused-ring (bicyclic) bond motifs is 2. The molecular formula is C16H11N3O. The number of benzene rings is 2. The minimum absolute atomic E-state index is 0.643. The normalized spacial score (nSPS) is 11.2. The molecule has 0 saturated carbocycles. The van der Waals surface area contributed by atoms with Crippen molar-refractivity contribution in [3.8, 4) is 11.4 Å². The van der Waals surface area contributed by atoms with E-state index in [1.54, 1.807) is 6.20 Å². The molecule has 0 aliphatic carbocycles. The summed E-state index contributed by atoms with van der Waals surface area (Å²) in [6, 6.07) is 17.3. The zero-order chi connectivity index (χ0) is 13.5. The van der Waals surface area contributed by atoms with E-state index in [9.17, 15) is 5.21 Å². The molecule has 0 saturated heterocycles. The van der Waals surface area contributed by atoms with Gasteiger partial charge in [-0.3, -0.25) is 4.98 Å². The second-order valence-corrected chi connectivity index (χ2v) is 4.64. The van der Waals surface area contributed by atoms with Gasteiger partial charge in [-0.1, -0.05) is 30.3 Å². The van der Waals surface area contributed by atoms with Crippen LogP contribution in [0, 0.1) is 0 Å². The fraction of sp³-hybridized carbons (Fsp3) is 0. The maximum Gasteiger partial charge on any atom is 0.109 e. The van der Waals surface area contributed by atoms with E-state index >= 15 is 0 Å². The SMILES string of the molecule is On1c(-c2cnc3ccccc3n2)cc2ccccc21. The summed E-state index contributed by atoms with van der Waals surface area (Å²) in [4.78, 5) is 8.94. The van der Waals surface area contributed by atoms with Crippen LogP contribution in [-0.4, -0.2) is 19.9 Å². The van der Waals surface area contributed by atoms with E-state index in [-0.39, 0.29) is 0 Å². The number of hydrogen-bond donors (Lipinski definition) is 1. The molecule has 0 aliphatic rings. The molecule has 0 aliphatic heterocycles. The third-order valence-corrected chi connectivity index (χ3v) is 3.40. The van der Waals surface area contributed by atoms with Gasteiger partial charge in [-0.25, -0.2) is 4.98 Å². The first-order valence-corrected chi connectivity index (χ1v) is 6.35. The Labute approximate surface area is 114 Å². The van der Waals surface area contributed by atoms with Gasteiger partial charge in [0.05, 0.1) is 22.7 Å². The van der Waals surface area contributed by atoms with Gasteiger partial charge in [0.25, 0.3) is 0 Å². The van der Waals surface area contributed by atoms with E-state index in [4.69, 9.17) is 0 Å². The maximum absolute atomic E-state index is 10.3. The fourth-order valence-electron chi connectivity index (χ4n) is 2.40. The Kier molecular flexibility index (Phi) is 2.23. The summed E-state index contributed by atoms with van der Waals surface area (Å²) in [7, 11) is 0. The van der Waals surface area contributed by atoms with E-state index < -0.39 is 0 Å². The van der Waals surface area contributed by atoms with Gasteiger partial charge in [-0.15, -0.1) is 0 Å². The highest BCUT2D eigenvalue weighted by Gasteiger charge is 2.11. The molecule has 0 spiro atoms. The molecule has 4 rings (SSSR count). The molecule has 4 heteroatoms. The summed E-state index contributed by atoms with van der Waals surface area (Å²) in [5.41, 5.74) is 3.72. The predicted molar refractivity (Wildman–Crippen MR) is 77.7 cm³/mol. The summed E-state index contributed by atoms with van der Waals surface area (Å²) in [6.07, 6.45) is 1.68. The topological polar surface area (TPSA) is 50.9 Å². The number of rotatable bonds is 1. The lowest BCUT2D eigenvalue weighted by atomic mass is 10.2. The molecule has 4 nitrogen and oxygen atoms in total. The Morgan fingerprint density at radius 3 is 2.50 bits per heavy atom. The van der Waals surface area contributed by atoms with E-state index in [0.29, 0.717) is 11.4 Å². The van der Waals surface area contributed by atoms with Crippen molar-refractivity contribution in [1.29, 1.82) is 0 Å². The minimum Gasteiger partial charge on any atom is -0.428 e. The Hall–Kier alpha value is -2.88. The first-order valence-electron chi connectivity index (χ1n) is 6.35. The van der Waals surface area contributed by atoms with Gasteiger partial charge in [-0.2, -0.15) is 4.73 Å². The number of nitrogens with zero attached hydrogens (tertiary/aromatic N) is 3. The number of aromatic nitrogens is 3. The molecule has 20 heavy (non-hydrogen) atoms. The van der Waals surface area contributed by atoms with Crippen molar-refractivity contribution in [3.05, 3.63) is 60.8 Å². The average molecular weight is 261 g/mol. The zero-order valence-electron chi connectivity index (χ0n) is 10.6. The summed E-state index contributed by atoms with van der Waals surface area (Å²) in [5, 5.41) is 11.2. The van der Waals surface area contributed by atoms with Gasteiger partial charge in [-0.05, 0) is 24.3 Å². The van der Waals surface area contributed by atoms with Crippen LogP contribution in [0.3, 0.4) is 0 Å². The Balaban J connectivity index is 1.98. The molecule has 1 N–H and O–H groups in total. The maximum atomic E-state index is 10.3. The van der Waals surface area contributed by atoms with E-state index in [2.05, 4.69) is 9.97 Å². The first-order chi connectivity index (χ1) is 9.83. The van der Waals surface area contributed by atoms with Crippen LogP contribution in [0.5, 0.6) is 0 Å². The van der Waals surface area contributed by atoms with E-state index in [1.807, 2.05) is 54.6 Å². The van der Waals surface area contributed by atoms with Crippen LogP contribution in [0.25, 0.3) is 33.3 Å². The lowest BCUT2D eigenvalue weighted by molar-refractivity contribution is 0.204. The van der Waals surface area contributed by atoms with Crippen molar-refractivity contribution >= 4 is 21.9 Å². The molecule has 2 aromatic heterocycles. The number of para-hydroxylation sites is 3. The molecule has 0 bridgehead atoms. The van der Waals surface area contributed by atoms with Crippen LogP contribution in [0.15, 0.2) is 60.8 Å². The van der Waals surface area contributed by atoms with Crippen molar-refractivity contribution in [2.45, 2.75) is 0 Å². The van der Waals surface area contributed by atoms with Crippen molar-refractivity contribution in [2.75, 3.05) is 0 Å². The molecule has 0 atom stereocenters. The summed E-state index contributed by atoms with van der Waals surface area (Å²) in [6.45, 7) is 0. The van der Waals surface area contributed by atoms with Gasteiger partial charge < -0.3 is 5.21 Å². The van der Waals surface area contributed by atoms with Crippen LogP contribution < -0.4 is 0 Å². The quantitative estimate of drug-likeness (QED) is 0.534. The van der Waals surface area contributed by atoms with Crippen LogP contribution in [0.4, 0.5) is 0 Å². The fourth-order valence-corrected chi connectivity index (χ4v) is 2.40. The molecule has 2 heterocycles. The highest BCUT2D eigenvalue weighted by molar-refractivity contribution is 5.86. The number of hydrogen-bond acceptors (Lipinski definition) is 3. The second-order valence-electron chi connectivity index (χ2n) is 4.64. The van der Waals surface area contributed by atoms with Crippen LogP contribution in [0.1, 0.15) is 0 Å². The van der Waals surface area contributed by atoms with Crippen molar-refractivity contribution in [3.63, 3.8) is 0 Å². The summed E-state index contributed by atoms with van der Waals surface area (Å²) < 4.78 is 1.16. The zero-order valence-corrected chi connectivity index (χ0v) is 10.6. The summed E-state index contributed by atoms with van der Waals surface area (Å²) in [5.74, 6) is 0. The van der Waals surface area contributed by atoms with Crippen LogP contribution in [0.2, 0.25) is 0 Å². The van der Waals surface area contributed by atoms with Crippen LogP contribution >= 0.6 is 0 Å². The lowest BCUT2D eigenvalue weighted by Gasteiger charge is -2.03. The molecular weight excluding hydrogens is 250 g/mol. The molecule has 0 unspecified atom stereocenters. The standard InChI is InChI=1S/C16H11N3O/c20-19-15-8-4-1-5-11(15)9-16(19)14-10-17-12-6-2-3-7-13(12)18-14/h1-10,20H.